The van der Waals surface area contributed by atoms with Crippen LogP contribution in [-0.4, -0.2) is 18.2 Å². The minimum atomic E-state index is -0.571. The van der Waals surface area contributed by atoms with E-state index in [-0.39, 0.29) is 5.82 Å². The fourth-order valence-electron chi connectivity index (χ4n) is 1.46. The van der Waals surface area contributed by atoms with Crippen molar-refractivity contribution >= 4 is 11.8 Å². The number of rotatable bonds is 3. The number of nitrogens with two attached hydrogens (primary N) is 1. The number of amides is 1. The van der Waals surface area contributed by atoms with Gasteiger partial charge in [-0.25, -0.2) is 9.18 Å². The number of benzene rings is 1. The van der Waals surface area contributed by atoms with E-state index in [0.29, 0.717) is 24.2 Å². The Morgan fingerprint density at radius 3 is 2.67 bits per heavy atom. The third-order valence-corrected chi connectivity index (χ3v) is 2.12. The number of carbonyl (C=O) groups excluding carboxylic acids is 1. The van der Waals surface area contributed by atoms with Crippen molar-refractivity contribution in [3.63, 3.8) is 0 Å². The highest BCUT2D eigenvalue weighted by molar-refractivity contribution is 5.85. The molecular weight excluding hydrogens is 235 g/mol. The van der Waals surface area contributed by atoms with E-state index in [9.17, 15) is 9.18 Å². The molecule has 0 atom stereocenters. The highest BCUT2D eigenvalue weighted by Crippen LogP contribution is 2.18. The molecule has 1 aromatic carbocycles. The molecule has 100 valence electrons. The summed E-state index contributed by atoms with van der Waals surface area (Å²) in [7, 11) is 0. The molecule has 0 spiro atoms. The number of hydrogen-bond donors (Lipinski definition) is 2. The van der Waals surface area contributed by atoms with Crippen LogP contribution >= 0.6 is 0 Å². The van der Waals surface area contributed by atoms with Crippen LogP contribution in [0, 0.1) is 5.82 Å². The van der Waals surface area contributed by atoms with E-state index in [1.54, 1.807) is 20.8 Å². The van der Waals surface area contributed by atoms with Crippen LogP contribution < -0.4 is 11.1 Å². The van der Waals surface area contributed by atoms with Gasteiger partial charge in [0.15, 0.2) is 0 Å². The molecule has 0 saturated heterocycles. The molecular formula is C13H19FN2O2. The van der Waals surface area contributed by atoms with Crippen LogP contribution in [0.4, 0.5) is 14.9 Å². The molecule has 0 heterocycles. The molecule has 0 fully saturated rings. The molecule has 0 radical (unpaired) electrons. The summed E-state index contributed by atoms with van der Waals surface area (Å²) in [6.45, 7) is 5.71. The van der Waals surface area contributed by atoms with E-state index in [1.165, 1.54) is 18.2 Å². The van der Waals surface area contributed by atoms with Crippen LogP contribution in [0.1, 0.15) is 26.3 Å². The van der Waals surface area contributed by atoms with Crippen molar-refractivity contribution in [2.24, 2.45) is 5.73 Å². The normalized spacial score (nSPS) is 11.2. The fourth-order valence-corrected chi connectivity index (χ4v) is 1.46. The van der Waals surface area contributed by atoms with E-state index in [0.717, 1.165) is 0 Å². The number of hydrogen-bond acceptors (Lipinski definition) is 3. The summed E-state index contributed by atoms with van der Waals surface area (Å²) < 4.78 is 18.2. The second-order valence-corrected chi connectivity index (χ2v) is 4.97. The Balaban J connectivity index is 2.80. The van der Waals surface area contributed by atoms with Crippen LogP contribution in [0.25, 0.3) is 0 Å². The standard InChI is InChI=1S/C13H19FN2O2/c1-13(2,3)18-12(17)16-11-5-4-10(14)8-9(11)6-7-15/h4-5,8H,6-7,15H2,1-3H3,(H,16,17). The summed E-state index contributed by atoms with van der Waals surface area (Å²) in [6, 6.07) is 4.15. The zero-order chi connectivity index (χ0) is 13.8. The number of ether oxygens (including phenoxy) is 1. The minimum Gasteiger partial charge on any atom is -0.444 e. The van der Waals surface area contributed by atoms with Crippen LogP contribution in [0.5, 0.6) is 0 Å². The van der Waals surface area contributed by atoms with Gasteiger partial charge in [0.25, 0.3) is 0 Å². The van der Waals surface area contributed by atoms with Crippen molar-refractivity contribution in [2.45, 2.75) is 32.8 Å². The zero-order valence-electron chi connectivity index (χ0n) is 10.9. The lowest BCUT2D eigenvalue weighted by Gasteiger charge is -2.20. The predicted octanol–water partition coefficient (Wildman–Crippen LogP) is 2.67. The van der Waals surface area contributed by atoms with Crippen molar-refractivity contribution in [3.05, 3.63) is 29.6 Å². The summed E-state index contributed by atoms with van der Waals surface area (Å²) in [4.78, 5) is 11.6. The predicted molar refractivity (Wildman–Crippen MR) is 69.0 cm³/mol. The number of carbonyl (C=O) groups is 1. The SMILES string of the molecule is CC(C)(C)OC(=O)Nc1ccc(F)cc1CCN. The molecule has 1 aromatic rings. The second-order valence-electron chi connectivity index (χ2n) is 4.97. The van der Waals surface area contributed by atoms with Crippen LogP contribution in [0.2, 0.25) is 0 Å². The molecule has 0 unspecified atom stereocenters. The van der Waals surface area contributed by atoms with E-state index >= 15 is 0 Å². The minimum absolute atomic E-state index is 0.354. The molecule has 0 aliphatic carbocycles. The maximum Gasteiger partial charge on any atom is 0.412 e. The topological polar surface area (TPSA) is 64.3 Å². The Bertz CT molecular complexity index is 427. The first-order chi connectivity index (χ1) is 8.31. The van der Waals surface area contributed by atoms with Crippen molar-refractivity contribution in [1.82, 2.24) is 0 Å². The summed E-state index contributed by atoms with van der Waals surface area (Å²) >= 11 is 0. The highest BCUT2D eigenvalue weighted by Gasteiger charge is 2.17. The zero-order valence-corrected chi connectivity index (χ0v) is 10.9. The van der Waals surface area contributed by atoms with Gasteiger partial charge in [0.2, 0.25) is 0 Å². The average Bonchev–Trinajstić information content (AvgIpc) is 2.20. The molecule has 3 N–H and O–H groups in total. The molecule has 0 bridgehead atoms. The molecule has 0 aliphatic rings. The molecule has 0 aromatic heterocycles. The number of anilines is 1. The van der Waals surface area contributed by atoms with Gasteiger partial charge in [0.1, 0.15) is 11.4 Å². The van der Waals surface area contributed by atoms with Crippen molar-refractivity contribution in [1.29, 1.82) is 0 Å². The number of nitrogens with one attached hydrogen (secondary N) is 1. The van der Waals surface area contributed by atoms with E-state index < -0.39 is 11.7 Å². The molecule has 5 heteroatoms. The van der Waals surface area contributed by atoms with Crippen molar-refractivity contribution in [3.8, 4) is 0 Å². The lowest BCUT2D eigenvalue weighted by atomic mass is 10.1. The first kappa shape index (κ1) is 14.4. The largest absolute Gasteiger partial charge is 0.444 e. The second kappa shape index (κ2) is 5.82. The third kappa shape index (κ3) is 4.71. The van der Waals surface area contributed by atoms with Gasteiger partial charge in [-0.15, -0.1) is 0 Å². The Morgan fingerprint density at radius 1 is 1.44 bits per heavy atom. The summed E-state index contributed by atoms with van der Waals surface area (Å²) in [6.07, 6.45) is -0.0736. The smallest absolute Gasteiger partial charge is 0.412 e. The molecule has 1 rings (SSSR count). The van der Waals surface area contributed by atoms with Gasteiger partial charge in [-0.05, 0) is 57.5 Å². The van der Waals surface area contributed by atoms with Crippen LogP contribution in [-0.2, 0) is 11.2 Å². The quantitative estimate of drug-likeness (QED) is 0.871. The first-order valence-corrected chi connectivity index (χ1v) is 5.80. The summed E-state index contributed by atoms with van der Waals surface area (Å²) in [5.41, 5.74) is 6.05. The Kier molecular flexibility index (Phi) is 4.67. The monoisotopic (exact) mass is 254 g/mol. The van der Waals surface area contributed by atoms with E-state index in [1.807, 2.05) is 0 Å². The van der Waals surface area contributed by atoms with E-state index in [4.69, 9.17) is 10.5 Å². The van der Waals surface area contributed by atoms with Crippen LogP contribution in [0.3, 0.4) is 0 Å². The van der Waals surface area contributed by atoms with Gasteiger partial charge < -0.3 is 10.5 Å². The molecule has 18 heavy (non-hydrogen) atoms. The summed E-state index contributed by atoms with van der Waals surface area (Å²) in [5.74, 6) is -0.354. The lowest BCUT2D eigenvalue weighted by molar-refractivity contribution is 0.0635. The van der Waals surface area contributed by atoms with E-state index in [2.05, 4.69) is 5.32 Å². The van der Waals surface area contributed by atoms with Gasteiger partial charge in [-0.3, -0.25) is 5.32 Å². The van der Waals surface area contributed by atoms with Gasteiger partial charge >= 0.3 is 6.09 Å². The van der Waals surface area contributed by atoms with Gasteiger partial charge in [-0.1, -0.05) is 0 Å². The van der Waals surface area contributed by atoms with Gasteiger partial charge in [0.05, 0.1) is 0 Å². The van der Waals surface area contributed by atoms with Crippen molar-refractivity contribution in [2.75, 3.05) is 11.9 Å². The first-order valence-electron chi connectivity index (χ1n) is 5.80. The highest BCUT2D eigenvalue weighted by atomic mass is 19.1. The number of halogens is 1. The molecule has 4 nitrogen and oxygen atoms in total. The Morgan fingerprint density at radius 2 is 2.11 bits per heavy atom. The fraction of sp³-hybridized carbons (Fsp3) is 0.462. The molecule has 0 saturated carbocycles. The molecule has 0 aliphatic heterocycles. The summed E-state index contributed by atoms with van der Waals surface area (Å²) in [5, 5.41) is 2.60. The lowest BCUT2D eigenvalue weighted by Crippen LogP contribution is -2.27. The van der Waals surface area contributed by atoms with Crippen molar-refractivity contribution < 1.29 is 13.9 Å². The average molecular weight is 254 g/mol. The van der Waals surface area contributed by atoms with Gasteiger partial charge in [0, 0.05) is 5.69 Å². The third-order valence-electron chi connectivity index (χ3n) is 2.12. The van der Waals surface area contributed by atoms with Crippen LogP contribution in [0.15, 0.2) is 18.2 Å². The Hall–Kier alpha value is -1.62. The molecule has 1 amide bonds. The Labute approximate surface area is 106 Å². The van der Waals surface area contributed by atoms with Gasteiger partial charge in [-0.2, -0.15) is 0 Å². The maximum absolute atomic E-state index is 13.1. The maximum atomic E-state index is 13.1.